The fraction of sp³-hybridized carbons (Fsp3) is 0.667. The monoisotopic (exact) mass is 343 g/mol. The van der Waals surface area contributed by atoms with Gasteiger partial charge in [-0.2, -0.15) is 0 Å². The maximum Gasteiger partial charge on any atom is 0.412 e. The number of ether oxygens (including phenoxy) is 2. The molecule has 0 aromatic heterocycles. The third-order valence-corrected chi connectivity index (χ3v) is 6.65. The first-order valence-corrected chi connectivity index (χ1v) is 9.38. The minimum absolute atomic E-state index is 0.0166. The number of carbonyl (C=O) groups excluding carboxylic acids is 1. The van der Waals surface area contributed by atoms with Crippen LogP contribution in [0, 0.1) is 5.92 Å². The number of amides is 1. The SMILES string of the molecule is CC1(C)COC(C)(C)N1C(=O)O[C@@H]1CC[C@@]2(C)c3ccccc3CC12. The molecular formula is C21H29NO3. The van der Waals surface area contributed by atoms with Crippen molar-refractivity contribution in [3.05, 3.63) is 35.4 Å². The van der Waals surface area contributed by atoms with Gasteiger partial charge in [0.05, 0.1) is 12.1 Å². The molecule has 0 spiro atoms. The van der Waals surface area contributed by atoms with E-state index in [4.69, 9.17) is 9.47 Å². The number of fused-ring (bicyclic) bond motifs is 3. The van der Waals surface area contributed by atoms with Gasteiger partial charge in [-0.3, -0.25) is 4.90 Å². The Morgan fingerprint density at radius 2 is 1.92 bits per heavy atom. The van der Waals surface area contributed by atoms with E-state index < -0.39 is 5.72 Å². The van der Waals surface area contributed by atoms with Crippen LogP contribution in [0.3, 0.4) is 0 Å². The molecule has 25 heavy (non-hydrogen) atoms. The first kappa shape index (κ1) is 16.9. The summed E-state index contributed by atoms with van der Waals surface area (Å²) in [6.45, 7) is 10.8. The number of benzene rings is 1. The van der Waals surface area contributed by atoms with Crippen LogP contribution < -0.4 is 0 Å². The Bertz CT molecular complexity index is 695. The van der Waals surface area contributed by atoms with Crippen molar-refractivity contribution < 1.29 is 14.3 Å². The number of rotatable bonds is 1. The molecule has 1 aromatic carbocycles. The lowest BCUT2D eigenvalue weighted by Crippen LogP contribution is -2.53. The number of hydrogen-bond donors (Lipinski definition) is 0. The maximum absolute atomic E-state index is 13.0. The van der Waals surface area contributed by atoms with Gasteiger partial charge in [0.2, 0.25) is 0 Å². The first-order chi connectivity index (χ1) is 11.7. The van der Waals surface area contributed by atoms with Crippen LogP contribution in [0.1, 0.15) is 58.6 Å². The number of nitrogens with zero attached hydrogens (tertiary/aromatic N) is 1. The Labute approximate surface area is 150 Å². The van der Waals surface area contributed by atoms with Gasteiger partial charge in [-0.1, -0.05) is 31.2 Å². The second kappa shape index (κ2) is 5.23. The van der Waals surface area contributed by atoms with Gasteiger partial charge in [0.15, 0.2) is 0 Å². The van der Waals surface area contributed by atoms with Crippen LogP contribution >= 0.6 is 0 Å². The Morgan fingerprint density at radius 1 is 1.20 bits per heavy atom. The van der Waals surface area contributed by atoms with Gasteiger partial charge >= 0.3 is 6.09 Å². The van der Waals surface area contributed by atoms with E-state index in [0.717, 1.165) is 19.3 Å². The van der Waals surface area contributed by atoms with E-state index in [0.29, 0.717) is 12.5 Å². The average molecular weight is 343 g/mol. The van der Waals surface area contributed by atoms with Crippen LogP contribution in [-0.2, 0) is 21.3 Å². The van der Waals surface area contributed by atoms with Crippen molar-refractivity contribution in [2.75, 3.05) is 6.61 Å². The Hall–Kier alpha value is -1.55. The van der Waals surface area contributed by atoms with E-state index >= 15 is 0 Å². The third-order valence-electron chi connectivity index (χ3n) is 6.65. The molecule has 4 rings (SSSR count). The summed E-state index contributed by atoms with van der Waals surface area (Å²) in [7, 11) is 0. The summed E-state index contributed by atoms with van der Waals surface area (Å²) in [4.78, 5) is 14.8. The van der Waals surface area contributed by atoms with Crippen LogP contribution in [-0.4, -0.2) is 35.0 Å². The Balaban J connectivity index is 1.55. The number of carbonyl (C=O) groups is 1. The lowest BCUT2D eigenvalue weighted by Gasteiger charge is -2.38. The summed E-state index contributed by atoms with van der Waals surface area (Å²) in [6, 6.07) is 8.70. The molecule has 1 saturated carbocycles. The highest BCUT2D eigenvalue weighted by Crippen LogP contribution is 2.54. The number of hydrogen-bond acceptors (Lipinski definition) is 3. The molecule has 1 unspecified atom stereocenters. The normalized spacial score (nSPS) is 34.7. The van der Waals surface area contributed by atoms with Crippen LogP contribution in [0.4, 0.5) is 4.79 Å². The molecular weight excluding hydrogens is 314 g/mol. The molecule has 1 saturated heterocycles. The highest BCUT2D eigenvalue weighted by atomic mass is 16.6. The van der Waals surface area contributed by atoms with Crippen LogP contribution in [0.25, 0.3) is 0 Å². The van der Waals surface area contributed by atoms with Crippen LogP contribution in [0.2, 0.25) is 0 Å². The standard InChI is InChI=1S/C21H29NO3/c1-19(2)13-24-20(3,4)22(19)18(23)25-17-10-11-21(5)15-9-7-6-8-14(15)12-16(17)21/h6-9,16-17H,10-13H2,1-5H3/t16?,17-,21+/m1/s1. The topological polar surface area (TPSA) is 38.8 Å². The second-order valence-electron chi connectivity index (χ2n) is 9.23. The van der Waals surface area contributed by atoms with E-state index in [2.05, 4.69) is 31.2 Å². The molecule has 0 bridgehead atoms. The zero-order chi connectivity index (χ0) is 18.0. The van der Waals surface area contributed by atoms with Gasteiger partial charge in [0.25, 0.3) is 0 Å². The van der Waals surface area contributed by atoms with E-state index in [1.165, 1.54) is 11.1 Å². The summed E-state index contributed by atoms with van der Waals surface area (Å²) >= 11 is 0. The summed E-state index contributed by atoms with van der Waals surface area (Å²) in [6.07, 6.45) is 2.77. The zero-order valence-corrected chi connectivity index (χ0v) is 16.0. The Morgan fingerprint density at radius 3 is 2.60 bits per heavy atom. The van der Waals surface area contributed by atoms with Gasteiger partial charge in [0.1, 0.15) is 11.8 Å². The molecule has 1 aliphatic heterocycles. The quantitative estimate of drug-likeness (QED) is 0.765. The van der Waals surface area contributed by atoms with Crippen molar-refractivity contribution >= 4 is 6.09 Å². The van der Waals surface area contributed by atoms with Crippen molar-refractivity contribution in [1.82, 2.24) is 4.90 Å². The lowest BCUT2D eigenvalue weighted by atomic mass is 9.79. The minimum Gasteiger partial charge on any atom is -0.446 e. The zero-order valence-electron chi connectivity index (χ0n) is 16.0. The van der Waals surface area contributed by atoms with Gasteiger partial charge < -0.3 is 9.47 Å². The molecule has 3 aliphatic rings. The average Bonchev–Trinajstić information content (AvgIpc) is 3.07. The molecule has 0 radical (unpaired) electrons. The van der Waals surface area contributed by atoms with Crippen molar-refractivity contribution in [3.8, 4) is 0 Å². The molecule has 1 heterocycles. The van der Waals surface area contributed by atoms with Crippen molar-refractivity contribution in [3.63, 3.8) is 0 Å². The molecule has 3 atom stereocenters. The van der Waals surface area contributed by atoms with E-state index in [9.17, 15) is 4.79 Å². The van der Waals surface area contributed by atoms with Crippen molar-refractivity contribution in [2.24, 2.45) is 5.92 Å². The molecule has 4 heteroatoms. The van der Waals surface area contributed by atoms with Gasteiger partial charge in [-0.15, -0.1) is 0 Å². The van der Waals surface area contributed by atoms with Crippen LogP contribution in [0.5, 0.6) is 0 Å². The minimum atomic E-state index is -0.624. The predicted octanol–water partition coefficient (Wildman–Crippen LogP) is 4.26. The van der Waals surface area contributed by atoms with E-state index in [-0.39, 0.29) is 23.2 Å². The fourth-order valence-electron chi connectivity index (χ4n) is 5.42. The maximum atomic E-state index is 13.0. The van der Waals surface area contributed by atoms with E-state index in [1.54, 1.807) is 4.90 Å². The van der Waals surface area contributed by atoms with Crippen LogP contribution in [0.15, 0.2) is 24.3 Å². The second-order valence-corrected chi connectivity index (χ2v) is 9.23. The molecule has 2 fully saturated rings. The molecule has 4 nitrogen and oxygen atoms in total. The van der Waals surface area contributed by atoms with Gasteiger partial charge in [-0.05, 0) is 63.5 Å². The van der Waals surface area contributed by atoms with Gasteiger partial charge in [-0.25, -0.2) is 4.79 Å². The largest absolute Gasteiger partial charge is 0.446 e. The Kier molecular flexibility index (Phi) is 3.53. The summed E-state index contributed by atoms with van der Waals surface area (Å²) in [5.41, 5.74) is 2.03. The molecule has 1 aromatic rings. The summed E-state index contributed by atoms with van der Waals surface area (Å²) < 4.78 is 11.9. The van der Waals surface area contributed by atoms with E-state index in [1.807, 2.05) is 27.7 Å². The smallest absolute Gasteiger partial charge is 0.412 e. The first-order valence-electron chi connectivity index (χ1n) is 9.38. The highest BCUT2D eigenvalue weighted by Gasteiger charge is 2.55. The van der Waals surface area contributed by atoms with Gasteiger partial charge in [0, 0.05) is 5.92 Å². The molecule has 2 aliphatic carbocycles. The fourth-order valence-corrected chi connectivity index (χ4v) is 5.42. The summed E-state index contributed by atoms with van der Waals surface area (Å²) in [5.74, 6) is 0.378. The van der Waals surface area contributed by atoms with Crippen molar-refractivity contribution in [2.45, 2.75) is 76.7 Å². The summed E-state index contributed by atoms with van der Waals surface area (Å²) in [5, 5.41) is 0. The van der Waals surface area contributed by atoms with Crippen molar-refractivity contribution in [1.29, 1.82) is 0 Å². The highest BCUT2D eigenvalue weighted by molar-refractivity contribution is 5.70. The third kappa shape index (κ3) is 2.41. The molecule has 1 amide bonds. The molecule has 136 valence electrons. The molecule has 0 N–H and O–H groups in total. The lowest BCUT2D eigenvalue weighted by molar-refractivity contribution is -0.0618. The predicted molar refractivity (Wildman–Crippen MR) is 96.4 cm³/mol.